The summed E-state index contributed by atoms with van der Waals surface area (Å²) in [7, 11) is -3.77. The summed E-state index contributed by atoms with van der Waals surface area (Å²) in [5.41, 5.74) is -0.159. The Hall–Kier alpha value is -2.85. The van der Waals surface area contributed by atoms with Gasteiger partial charge in [0.2, 0.25) is 15.9 Å². The summed E-state index contributed by atoms with van der Waals surface area (Å²) in [5.74, 6) is -3.44. The molecule has 0 bridgehead atoms. The van der Waals surface area contributed by atoms with E-state index < -0.39 is 39.5 Å². The summed E-state index contributed by atoms with van der Waals surface area (Å²) in [5, 5.41) is 4.91. The molecule has 2 amide bonds. The third-order valence-corrected chi connectivity index (χ3v) is 6.91. The first kappa shape index (κ1) is 25.4. The molecule has 7 nitrogen and oxygen atoms in total. The van der Waals surface area contributed by atoms with E-state index in [1.807, 2.05) is 0 Å². The van der Waals surface area contributed by atoms with E-state index in [-0.39, 0.29) is 35.2 Å². The lowest BCUT2D eigenvalue weighted by Gasteiger charge is -2.22. The molecule has 0 saturated carbocycles. The minimum atomic E-state index is -3.77. The number of hydrogen-bond donors (Lipinski definition) is 2. The average Bonchev–Trinajstić information content (AvgIpc) is 2.74. The molecule has 0 aliphatic carbocycles. The average molecular weight is 468 g/mol. The van der Waals surface area contributed by atoms with Crippen LogP contribution in [0.3, 0.4) is 0 Å². The van der Waals surface area contributed by atoms with Gasteiger partial charge in [0.05, 0.1) is 10.6 Å². The molecule has 2 N–H and O–H groups in total. The van der Waals surface area contributed by atoms with Gasteiger partial charge in [-0.2, -0.15) is 4.31 Å². The Morgan fingerprint density at radius 1 is 1.03 bits per heavy atom. The third-order valence-electron chi connectivity index (χ3n) is 4.86. The molecule has 2 aromatic rings. The van der Waals surface area contributed by atoms with Crippen LogP contribution in [0.2, 0.25) is 0 Å². The lowest BCUT2D eigenvalue weighted by atomic mass is 10.0. The maximum atomic E-state index is 13.9. The van der Waals surface area contributed by atoms with Gasteiger partial charge in [0.1, 0.15) is 17.7 Å². The highest BCUT2D eigenvalue weighted by molar-refractivity contribution is 7.89. The Morgan fingerprint density at radius 2 is 1.69 bits per heavy atom. The summed E-state index contributed by atoms with van der Waals surface area (Å²) >= 11 is 0. The Bertz CT molecular complexity index is 1090. The minimum absolute atomic E-state index is 0.0345. The van der Waals surface area contributed by atoms with E-state index in [2.05, 4.69) is 10.6 Å². The van der Waals surface area contributed by atoms with E-state index in [0.717, 1.165) is 12.1 Å². The van der Waals surface area contributed by atoms with Crippen molar-refractivity contribution in [2.45, 2.75) is 38.6 Å². The molecule has 32 heavy (non-hydrogen) atoms. The second-order valence-electron chi connectivity index (χ2n) is 7.43. The highest BCUT2D eigenvalue weighted by Crippen LogP contribution is 2.19. The molecule has 0 aliphatic heterocycles. The topological polar surface area (TPSA) is 95.6 Å². The zero-order valence-corrected chi connectivity index (χ0v) is 19.2. The van der Waals surface area contributed by atoms with Crippen molar-refractivity contribution in [2.24, 2.45) is 5.92 Å². The number of halogens is 2. The van der Waals surface area contributed by atoms with Gasteiger partial charge in [0, 0.05) is 24.7 Å². The molecule has 0 aromatic heterocycles. The van der Waals surface area contributed by atoms with Gasteiger partial charge in [-0.15, -0.1) is 0 Å². The highest BCUT2D eigenvalue weighted by atomic mass is 32.2. The van der Waals surface area contributed by atoms with Gasteiger partial charge in [-0.25, -0.2) is 17.2 Å². The maximum Gasteiger partial charge on any atom is 0.251 e. The molecule has 174 valence electrons. The molecule has 0 heterocycles. The van der Waals surface area contributed by atoms with Crippen LogP contribution in [0.4, 0.5) is 14.5 Å². The number of hydrogen-bond acceptors (Lipinski definition) is 4. The number of sulfonamides is 1. The fourth-order valence-electron chi connectivity index (χ4n) is 3.07. The quantitative estimate of drug-likeness (QED) is 0.591. The number of carbonyl (C=O) groups excluding carboxylic acids is 2. The van der Waals surface area contributed by atoms with Gasteiger partial charge in [-0.1, -0.05) is 33.8 Å². The maximum absolute atomic E-state index is 13.9. The lowest BCUT2D eigenvalue weighted by molar-refractivity contribution is -0.118. The van der Waals surface area contributed by atoms with Crippen LogP contribution in [-0.4, -0.2) is 43.7 Å². The molecule has 2 aromatic carbocycles. The first-order valence-electron chi connectivity index (χ1n) is 10.2. The van der Waals surface area contributed by atoms with Crippen molar-refractivity contribution in [3.63, 3.8) is 0 Å². The molecule has 0 saturated heterocycles. The van der Waals surface area contributed by atoms with Crippen LogP contribution in [-0.2, 0) is 14.8 Å². The van der Waals surface area contributed by atoms with Crippen molar-refractivity contribution in [3.05, 3.63) is 59.7 Å². The van der Waals surface area contributed by atoms with Crippen LogP contribution >= 0.6 is 0 Å². The molecule has 1 atom stereocenters. The van der Waals surface area contributed by atoms with Gasteiger partial charge in [0.15, 0.2) is 0 Å². The van der Waals surface area contributed by atoms with Crippen LogP contribution < -0.4 is 10.6 Å². The van der Waals surface area contributed by atoms with E-state index in [1.165, 1.54) is 28.6 Å². The Morgan fingerprint density at radius 3 is 2.25 bits per heavy atom. The number of nitrogens with one attached hydrogen (secondary N) is 2. The van der Waals surface area contributed by atoms with Gasteiger partial charge in [-0.05, 0) is 36.2 Å². The fraction of sp³-hybridized carbons (Fsp3) is 0.364. The number of rotatable bonds is 9. The zero-order valence-electron chi connectivity index (χ0n) is 18.4. The molecule has 0 fully saturated rings. The number of benzene rings is 2. The molecule has 0 spiro atoms. The van der Waals surface area contributed by atoms with E-state index in [4.69, 9.17) is 0 Å². The zero-order chi connectivity index (χ0) is 24.1. The Labute approximate surface area is 186 Å². The largest absolute Gasteiger partial charge is 0.340 e. The van der Waals surface area contributed by atoms with Gasteiger partial charge in [0.25, 0.3) is 5.91 Å². The smallest absolute Gasteiger partial charge is 0.251 e. The highest BCUT2D eigenvalue weighted by Gasteiger charge is 2.27. The van der Waals surface area contributed by atoms with Crippen LogP contribution in [0.5, 0.6) is 0 Å². The van der Waals surface area contributed by atoms with E-state index in [0.29, 0.717) is 6.07 Å². The van der Waals surface area contributed by atoms with E-state index >= 15 is 0 Å². The van der Waals surface area contributed by atoms with Crippen molar-refractivity contribution in [1.29, 1.82) is 0 Å². The van der Waals surface area contributed by atoms with Crippen molar-refractivity contribution < 1.29 is 26.8 Å². The van der Waals surface area contributed by atoms with Gasteiger partial charge in [-0.3, -0.25) is 9.59 Å². The van der Waals surface area contributed by atoms with Crippen LogP contribution in [0.1, 0.15) is 38.1 Å². The predicted octanol–water partition coefficient (Wildman–Crippen LogP) is 3.39. The fourth-order valence-corrected chi connectivity index (χ4v) is 4.58. The second kappa shape index (κ2) is 10.6. The molecular weight excluding hydrogens is 440 g/mol. The Kier molecular flexibility index (Phi) is 8.45. The third kappa shape index (κ3) is 5.89. The van der Waals surface area contributed by atoms with Gasteiger partial charge < -0.3 is 10.6 Å². The molecule has 1 unspecified atom stereocenters. The molecule has 0 aliphatic rings. The number of carbonyl (C=O) groups is 2. The van der Waals surface area contributed by atoms with Crippen molar-refractivity contribution in [2.75, 3.05) is 18.4 Å². The predicted molar refractivity (Wildman–Crippen MR) is 118 cm³/mol. The van der Waals surface area contributed by atoms with Crippen LogP contribution in [0.15, 0.2) is 47.4 Å². The standard InChI is InChI=1S/C22H27F2N3O4S/c1-5-27(6-2)32(30,31)17-9-7-8-15(12-17)21(28)26-20(14(3)4)22(29)25-19-11-10-16(23)13-18(19)24/h7-14,20H,5-6H2,1-4H3,(H,25,29)(H,26,28). The summed E-state index contributed by atoms with van der Waals surface area (Å²) in [6.07, 6.45) is 0. The van der Waals surface area contributed by atoms with Crippen molar-refractivity contribution >= 4 is 27.5 Å². The number of nitrogens with zero attached hydrogens (tertiary/aromatic N) is 1. The van der Waals surface area contributed by atoms with Crippen LogP contribution in [0.25, 0.3) is 0 Å². The first-order chi connectivity index (χ1) is 15.0. The molecule has 2 rings (SSSR count). The summed E-state index contributed by atoms with van der Waals surface area (Å²) in [4.78, 5) is 25.4. The summed E-state index contributed by atoms with van der Waals surface area (Å²) in [6.45, 7) is 7.37. The Balaban J connectivity index is 2.24. The number of amides is 2. The van der Waals surface area contributed by atoms with Crippen molar-refractivity contribution in [1.82, 2.24) is 9.62 Å². The summed E-state index contributed by atoms with van der Waals surface area (Å²) < 4.78 is 53.7. The molecule has 10 heteroatoms. The normalized spacial score (nSPS) is 12.6. The van der Waals surface area contributed by atoms with Crippen LogP contribution in [0, 0.1) is 17.6 Å². The summed E-state index contributed by atoms with van der Waals surface area (Å²) in [6, 6.07) is 7.21. The monoisotopic (exact) mass is 467 g/mol. The SMILES string of the molecule is CCN(CC)S(=O)(=O)c1cccc(C(=O)NC(C(=O)Nc2ccc(F)cc2F)C(C)C)c1. The van der Waals surface area contributed by atoms with Crippen molar-refractivity contribution in [3.8, 4) is 0 Å². The molecular formula is C22H27F2N3O4S. The number of anilines is 1. The minimum Gasteiger partial charge on any atom is -0.340 e. The van der Waals surface area contributed by atoms with Gasteiger partial charge >= 0.3 is 0 Å². The van der Waals surface area contributed by atoms with E-state index in [9.17, 15) is 26.8 Å². The van der Waals surface area contributed by atoms with E-state index in [1.54, 1.807) is 27.7 Å². The second-order valence-corrected chi connectivity index (χ2v) is 9.36. The lowest BCUT2D eigenvalue weighted by Crippen LogP contribution is -2.47. The molecule has 0 radical (unpaired) electrons. The first-order valence-corrected chi connectivity index (χ1v) is 11.6.